The SMILES string of the molecule is CC(F)COc1cccc([C@@H](C)CS(=O)(=O)CCCCCN2CCC(=O)NC2=O)c1. The quantitative estimate of drug-likeness (QED) is 0.502. The summed E-state index contributed by atoms with van der Waals surface area (Å²) in [5.41, 5.74) is 0.841. The zero-order valence-corrected chi connectivity index (χ0v) is 18.4. The van der Waals surface area contributed by atoms with Gasteiger partial charge in [0.15, 0.2) is 9.84 Å². The summed E-state index contributed by atoms with van der Waals surface area (Å²) in [6, 6.07) is 6.74. The molecule has 2 atom stereocenters. The molecule has 0 spiro atoms. The average molecular weight is 443 g/mol. The molecule has 1 N–H and O–H groups in total. The fraction of sp³-hybridized carbons (Fsp3) is 0.619. The molecular weight excluding hydrogens is 411 g/mol. The van der Waals surface area contributed by atoms with Gasteiger partial charge in [-0.3, -0.25) is 10.1 Å². The molecular formula is C21H31FN2O5S. The molecule has 0 saturated carbocycles. The van der Waals surface area contributed by atoms with Crippen molar-refractivity contribution in [2.75, 3.05) is 31.2 Å². The molecule has 1 heterocycles. The number of alkyl halides is 1. The number of halogens is 1. The van der Waals surface area contributed by atoms with Gasteiger partial charge in [0.25, 0.3) is 0 Å². The smallest absolute Gasteiger partial charge is 0.324 e. The molecule has 1 aromatic carbocycles. The third-order valence-corrected chi connectivity index (χ3v) is 6.85. The van der Waals surface area contributed by atoms with Crippen molar-refractivity contribution in [3.63, 3.8) is 0 Å². The zero-order valence-electron chi connectivity index (χ0n) is 17.6. The van der Waals surface area contributed by atoms with E-state index in [1.54, 1.807) is 23.1 Å². The van der Waals surface area contributed by atoms with Crippen LogP contribution >= 0.6 is 0 Å². The number of amides is 3. The summed E-state index contributed by atoms with van der Waals surface area (Å²) in [6.07, 6.45) is 1.14. The van der Waals surface area contributed by atoms with E-state index in [4.69, 9.17) is 4.74 Å². The minimum Gasteiger partial charge on any atom is -0.491 e. The number of unbranched alkanes of at least 4 members (excludes halogenated alkanes) is 2. The fourth-order valence-electron chi connectivity index (χ4n) is 3.30. The first-order chi connectivity index (χ1) is 14.2. The van der Waals surface area contributed by atoms with Crippen LogP contribution in [0.5, 0.6) is 5.75 Å². The van der Waals surface area contributed by atoms with Crippen molar-refractivity contribution in [3.8, 4) is 5.75 Å². The number of hydrogen-bond acceptors (Lipinski definition) is 5. The van der Waals surface area contributed by atoms with Crippen molar-refractivity contribution >= 4 is 21.8 Å². The summed E-state index contributed by atoms with van der Waals surface area (Å²) in [6.45, 7) is 4.16. The summed E-state index contributed by atoms with van der Waals surface area (Å²) in [5.74, 6) is 0.204. The maximum atomic E-state index is 12.9. The summed E-state index contributed by atoms with van der Waals surface area (Å²) in [7, 11) is -3.23. The molecule has 1 unspecified atom stereocenters. The fourth-order valence-corrected chi connectivity index (χ4v) is 5.06. The number of carbonyl (C=O) groups excluding carboxylic acids is 2. The molecule has 1 aliphatic rings. The van der Waals surface area contributed by atoms with Gasteiger partial charge in [-0.15, -0.1) is 0 Å². The Labute approximate surface area is 177 Å². The van der Waals surface area contributed by atoms with Crippen LogP contribution in [0.2, 0.25) is 0 Å². The van der Waals surface area contributed by atoms with Crippen LogP contribution in [0.25, 0.3) is 0 Å². The summed E-state index contributed by atoms with van der Waals surface area (Å²) in [4.78, 5) is 24.4. The molecule has 0 aliphatic carbocycles. The molecule has 168 valence electrons. The predicted molar refractivity (Wildman–Crippen MR) is 113 cm³/mol. The largest absolute Gasteiger partial charge is 0.491 e. The lowest BCUT2D eigenvalue weighted by Gasteiger charge is -2.26. The van der Waals surface area contributed by atoms with Gasteiger partial charge in [0.2, 0.25) is 5.91 Å². The van der Waals surface area contributed by atoms with Gasteiger partial charge >= 0.3 is 6.03 Å². The molecule has 2 rings (SSSR count). The molecule has 0 aromatic heterocycles. The monoisotopic (exact) mass is 442 g/mol. The number of nitrogens with one attached hydrogen (secondary N) is 1. The second-order valence-electron chi connectivity index (χ2n) is 7.83. The number of imide groups is 1. The van der Waals surface area contributed by atoms with Gasteiger partial charge in [-0.1, -0.05) is 25.5 Å². The number of sulfone groups is 1. The Morgan fingerprint density at radius 1 is 1.20 bits per heavy atom. The van der Waals surface area contributed by atoms with Crippen LogP contribution in [0.1, 0.15) is 51.0 Å². The van der Waals surface area contributed by atoms with Crippen LogP contribution in [0.4, 0.5) is 9.18 Å². The van der Waals surface area contributed by atoms with Gasteiger partial charge in [-0.05, 0) is 43.4 Å². The van der Waals surface area contributed by atoms with Gasteiger partial charge in [0, 0.05) is 19.5 Å². The molecule has 7 nitrogen and oxygen atoms in total. The van der Waals surface area contributed by atoms with E-state index in [0.717, 1.165) is 5.56 Å². The summed E-state index contributed by atoms with van der Waals surface area (Å²) in [5, 5.41) is 2.27. The predicted octanol–water partition coefficient (Wildman–Crippen LogP) is 3.05. The van der Waals surface area contributed by atoms with Crippen LogP contribution in [-0.4, -0.2) is 62.6 Å². The molecule has 1 fully saturated rings. The van der Waals surface area contributed by atoms with E-state index in [0.29, 0.717) is 44.5 Å². The van der Waals surface area contributed by atoms with Crippen molar-refractivity contribution in [2.45, 2.75) is 51.6 Å². The first kappa shape index (κ1) is 24.1. The maximum absolute atomic E-state index is 12.9. The Morgan fingerprint density at radius 2 is 1.97 bits per heavy atom. The van der Waals surface area contributed by atoms with Crippen LogP contribution in [0.15, 0.2) is 24.3 Å². The van der Waals surface area contributed by atoms with E-state index in [9.17, 15) is 22.4 Å². The number of benzene rings is 1. The third kappa shape index (κ3) is 8.30. The van der Waals surface area contributed by atoms with Crippen LogP contribution in [0, 0.1) is 0 Å². The highest BCUT2D eigenvalue weighted by atomic mass is 32.2. The Morgan fingerprint density at radius 3 is 2.67 bits per heavy atom. The van der Waals surface area contributed by atoms with Crippen molar-refractivity contribution in [1.82, 2.24) is 10.2 Å². The van der Waals surface area contributed by atoms with Crippen molar-refractivity contribution in [3.05, 3.63) is 29.8 Å². The normalized spacial score (nSPS) is 16.8. The van der Waals surface area contributed by atoms with E-state index in [1.165, 1.54) is 6.92 Å². The van der Waals surface area contributed by atoms with Gasteiger partial charge in [-0.25, -0.2) is 17.6 Å². The summed E-state index contributed by atoms with van der Waals surface area (Å²) >= 11 is 0. The molecule has 30 heavy (non-hydrogen) atoms. The zero-order chi connectivity index (χ0) is 22.1. The number of ether oxygens (including phenoxy) is 1. The average Bonchev–Trinajstić information content (AvgIpc) is 2.67. The molecule has 1 aliphatic heterocycles. The lowest BCUT2D eigenvalue weighted by atomic mass is 10.0. The Bertz CT molecular complexity index is 828. The molecule has 9 heteroatoms. The van der Waals surface area contributed by atoms with E-state index in [1.807, 2.05) is 13.0 Å². The molecule has 1 saturated heterocycles. The van der Waals surface area contributed by atoms with Crippen LogP contribution in [-0.2, 0) is 14.6 Å². The Hall–Kier alpha value is -2.16. The van der Waals surface area contributed by atoms with E-state index in [2.05, 4.69) is 5.32 Å². The van der Waals surface area contributed by atoms with Crippen molar-refractivity contribution < 1.29 is 27.1 Å². The first-order valence-corrected chi connectivity index (χ1v) is 12.1. The highest BCUT2D eigenvalue weighted by Gasteiger charge is 2.22. The van der Waals surface area contributed by atoms with Gasteiger partial charge in [0.05, 0.1) is 11.5 Å². The standard InChI is InChI=1S/C21H31FN2O5S/c1-16(18-7-6-8-19(13-18)29-14-17(2)22)15-30(27,28)12-5-3-4-10-24-11-9-20(25)23-21(24)26/h6-8,13,16-17H,3-5,9-12,14-15H2,1-2H3,(H,23,25,26)/t16-,17?/m0/s1. The number of carbonyl (C=O) groups is 2. The molecule has 3 amide bonds. The molecule has 0 radical (unpaired) electrons. The number of nitrogens with zero attached hydrogens (tertiary/aromatic N) is 1. The number of urea groups is 1. The van der Waals surface area contributed by atoms with Crippen LogP contribution in [0.3, 0.4) is 0 Å². The van der Waals surface area contributed by atoms with Crippen LogP contribution < -0.4 is 10.1 Å². The minimum atomic E-state index is -3.23. The highest BCUT2D eigenvalue weighted by molar-refractivity contribution is 7.91. The first-order valence-electron chi connectivity index (χ1n) is 10.3. The van der Waals surface area contributed by atoms with Gasteiger partial charge in [-0.2, -0.15) is 0 Å². The van der Waals surface area contributed by atoms with E-state index in [-0.39, 0.29) is 36.0 Å². The molecule has 1 aromatic rings. The lowest BCUT2D eigenvalue weighted by molar-refractivity contribution is -0.121. The number of hydrogen-bond donors (Lipinski definition) is 1. The van der Waals surface area contributed by atoms with E-state index < -0.39 is 16.0 Å². The van der Waals surface area contributed by atoms with E-state index >= 15 is 0 Å². The maximum Gasteiger partial charge on any atom is 0.324 e. The number of rotatable bonds is 12. The Kier molecular flexibility index (Phi) is 9.08. The van der Waals surface area contributed by atoms with Gasteiger partial charge in [0.1, 0.15) is 18.5 Å². The third-order valence-electron chi connectivity index (χ3n) is 4.94. The second-order valence-corrected chi connectivity index (χ2v) is 10.1. The highest BCUT2D eigenvalue weighted by Crippen LogP contribution is 2.23. The minimum absolute atomic E-state index is 0.0343. The summed E-state index contributed by atoms with van der Waals surface area (Å²) < 4.78 is 43.3. The van der Waals surface area contributed by atoms with Crippen molar-refractivity contribution in [2.24, 2.45) is 0 Å². The van der Waals surface area contributed by atoms with Gasteiger partial charge < -0.3 is 9.64 Å². The van der Waals surface area contributed by atoms with Crippen molar-refractivity contribution in [1.29, 1.82) is 0 Å². The lowest BCUT2D eigenvalue weighted by Crippen LogP contribution is -2.49. The second kappa shape index (κ2) is 11.3. The Balaban J connectivity index is 1.73. The topological polar surface area (TPSA) is 92.8 Å². The molecule has 0 bridgehead atoms.